The molecule has 5 heterocycles. The molecule has 0 spiro atoms. The third-order valence-electron chi connectivity index (χ3n) is 7.73. The molecule has 2 aromatic heterocycles. The van der Waals surface area contributed by atoms with Crippen LogP contribution in [0.3, 0.4) is 0 Å². The third kappa shape index (κ3) is 5.53. The van der Waals surface area contributed by atoms with Crippen LogP contribution in [0, 0.1) is 0 Å². The number of pyridine rings is 2. The van der Waals surface area contributed by atoms with Crippen molar-refractivity contribution >= 4 is 28.5 Å². The first-order valence-electron chi connectivity index (χ1n) is 13.4. The summed E-state index contributed by atoms with van der Waals surface area (Å²) in [6.07, 6.45) is 6.02. The normalized spacial score (nSPS) is 21.1. The summed E-state index contributed by atoms with van der Waals surface area (Å²) < 4.78 is 5.45. The summed E-state index contributed by atoms with van der Waals surface area (Å²) >= 11 is 0. The van der Waals surface area contributed by atoms with Gasteiger partial charge in [-0.25, -0.2) is 4.98 Å². The van der Waals surface area contributed by atoms with Crippen LogP contribution in [0.1, 0.15) is 35.9 Å². The van der Waals surface area contributed by atoms with Gasteiger partial charge >= 0.3 is 0 Å². The maximum atomic E-state index is 12.8. The molecule has 3 aromatic rings. The van der Waals surface area contributed by atoms with Crippen molar-refractivity contribution in [3.05, 3.63) is 64.2 Å². The average Bonchev–Trinajstić information content (AvgIpc) is 3.43. The Labute approximate surface area is 216 Å². The van der Waals surface area contributed by atoms with Crippen LogP contribution in [0.4, 0.5) is 11.5 Å². The number of hydrazone groups is 1. The van der Waals surface area contributed by atoms with E-state index in [4.69, 9.17) is 9.72 Å². The Morgan fingerprint density at radius 2 is 1.86 bits per heavy atom. The minimum Gasteiger partial charge on any atom is -0.379 e. The summed E-state index contributed by atoms with van der Waals surface area (Å²) in [4.78, 5) is 23.0. The molecule has 0 saturated carbocycles. The van der Waals surface area contributed by atoms with Crippen molar-refractivity contribution in [2.24, 2.45) is 5.10 Å². The van der Waals surface area contributed by atoms with Crippen LogP contribution in [-0.2, 0) is 4.74 Å². The maximum absolute atomic E-state index is 12.8. The van der Waals surface area contributed by atoms with E-state index in [1.54, 1.807) is 6.20 Å². The zero-order valence-electron chi connectivity index (χ0n) is 21.2. The fraction of sp³-hybridized carbons (Fsp3) is 0.464. The highest BCUT2D eigenvalue weighted by atomic mass is 16.5. The molecule has 0 bridgehead atoms. The summed E-state index contributed by atoms with van der Waals surface area (Å²) in [7, 11) is 0. The van der Waals surface area contributed by atoms with Crippen molar-refractivity contribution in [1.82, 2.24) is 25.2 Å². The quantitative estimate of drug-likeness (QED) is 0.458. The number of benzene rings is 1. The topological polar surface area (TPSA) is 97.9 Å². The lowest BCUT2D eigenvalue weighted by Gasteiger charge is -2.28. The van der Waals surface area contributed by atoms with E-state index in [9.17, 15) is 4.79 Å². The highest BCUT2D eigenvalue weighted by Crippen LogP contribution is 2.30. The van der Waals surface area contributed by atoms with Crippen molar-refractivity contribution in [2.75, 3.05) is 64.3 Å². The Kier molecular flexibility index (Phi) is 7.16. The van der Waals surface area contributed by atoms with Gasteiger partial charge in [-0.2, -0.15) is 5.10 Å². The summed E-state index contributed by atoms with van der Waals surface area (Å²) in [6.45, 7) is 8.38. The van der Waals surface area contributed by atoms with Gasteiger partial charge in [0.15, 0.2) is 0 Å². The molecule has 6 rings (SSSR count). The van der Waals surface area contributed by atoms with E-state index in [0.29, 0.717) is 17.1 Å². The number of piperidine rings is 1. The number of nitrogens with one attached hydrogen (secondary N) is 3. The second-order valence-corrected chi connectivity index (χ2v) is 10.2. The van der Waals surface area contributed by atoms with E-state index in [1.807, 2.05) is 18.3 Å². The summed E-state index contributed by atoms with van der Waals surface area (Å²) in [5.41, 5.74) is 3.08. The molecule has 1 atom stereocenters. The largest absolute Gasteiger partial charge is 0.379 e. The van der Waals surface area contributed by atoms with Crippen molar-refractivity contribution in [3.8, 4) is 0 Å². The minimum absolute atomic E-state index is 0.0798. The number of ether oxygens (including phenoxy) is 1. The van der Waals surface area contributed by atoms with E-state index in [0.717, 1.165) is 75.8 Å². The van der Waals surface area contributed by atoms with Crippen LogP contribution < -0.4 is 16.2 Å². The van der Waals surface area contributed by atoms with Crippen LogP contribution in [0.5, 0.6) is 0 Å². The van der Waals surface area contributed by atoms with E-state index in [-0.39, 0.29) is 11.5 Å². The number of aromatic nitrogens is 2. The number of aromatic amines is 1. The van der Waals surface area contributed by atoms with Crippen molar-refractivity contribution in [3.63, 3.8) is 0 Å². The average molecular weight is 502 g/mol. The number of hydrogen-bond acceptors (Lipinski definition) is 8. The predicted octanol–water partition coefficient (Wildman–Crippen LogP) is 2.85. The molecule has 3 N–H and O–H groups in total. The smallest absolute Gasteiger partial charge is 0.259 e. The minimum atomic E-state index is -0.141. The molecular weight excluding hydrogens is 466 g/mol. The lowest BCUT2D eigenvalue weighted by molar-refractivity contribution is 0.0339. The van der Waals surface area contributed by atoms with E-state index >= 15 is 0 Å². The van der Waals surface area contributed by atoms with E-state index in [2.05, 4.69) is 54.9 Å². The van der Waals surface area contributed by atoms with Gasteiger partial charge in [0.2, 0.25) is 0 Å². The first kappa shape index (κ1) is 24.1. The van der Waals surface area contributed by atoms with Crippen LogP contribution in [0.25, 0.3) is 10.8 Å². The van der Waals surface area contributed by atoms with Gasteiger partial charge in [-0.05, 0) is 67.1 Å². The monoisotopic (exact) mass is 501 g/mol. The van der Waals surface area contributed by atoms with Gasteiger partial charge in [-0.15, -0.1) is 0 Å². The predicted molar refractivity (Wildman–Crippen MR) is 147 cm³/mol. The van der Waals surface area contributed by atoms with Gasteiger partial charge in [0, 0.05) is 50.8 Å². The molecule has 2 fully saturated rings. The van der Waals surface area contributed by atoms with Crippen LogP contribution in [0.15, 0.2) is 52.5 Å². The highest BCUT2D eigenvalue weighted by molar-refractivity contribution is 5.93. The summed E-state index contributed by atoms with van der Waals surface area (Å²) in [5.74, 6) is 1.27. The molecule has 37 heavy (non-hydrogen) atoms. The molecular formula is C28H35N7O2. The van der Waals surface area contributed by atoms with Crippen LogP contribution in [0.2, 0.25) is 0 Å². The van der Waals surface area contributed by atoms with Gasteiger partial charge in [0.05, 0.1) is 30.2 Å². The van der Waals surface area contributed by atoms with Crippen molar-refractivity contribution in [2.45, 2.75) is 24.7 Å². The number of morpholine rings is 1. The third-order valence-corrected chi connectivity index (χ3v) is 7.73. The lowest BCUT2D eigenvalue weighted by Crippen LogP contribution is -2.40. The molecule has 0 radical (unpaired) electrons. The molecule has 3 aliphatic heterocycles. The Balaban J connectivity index is 1.20. The van der Waals surface area contributed by atoms with E-state index < -0.39 is 0 Å². The van der Waals surface area contributed by atoms with Gasteiger partial charge in [0.25, 0.3) is 5.56 Å². The Morgan fingerprint density at radius 1 is 1.05 bits per heavy atom. The van der Waals surface area contributed by atoms with Gasteiger partial charge in [-0.1, -0.05) is 12.1 Å². The second kappa shape index (κ2) is 11.0. The molecule has 1 aromatic carbocycles. The van der Waals surface area contributed by atoms with Gasteiger partial charge < -0.3 is 20.4 Å². The molecule has 9 heteroatoms. The fourth-order valence-electron chi connectivity index (χ4n) is 5.54. The summed E-state index contributed by atoms with van der Waals surface area (Å²) in [5, 5.41) is 15.1. The number of hydrogen-bond donors (Lipinski definition) is 3. The fourth-order valence-corrected chi connectivity index (χ4v) is 5.54. The first-order chi connectivity index (χ1) is 18.2. The number of nitrogens with zero attached hydrogens (tertiary/aromatic N) is 4. The zero-order valence-corrected chi connectivity index (χ0v) is 21.2. The number of fused-ring (bicyclic) bond motifs is 1. The number of H-pyrrole nitrogens is 1. The molecule has 3 aliphatic rings. The van der Waals surface area contributed by atoms with E-state index in [1.165, 1.54) is 18.4 Å². The van der Waals surface area contributed by atoms with Gasteiger partial charge in [-0.3, -0.25) is 14.7 Å². The number of rotatable bonds is 7. The SMILES string of the molecule is O=c1[nH]ccc2cc(C3C=NN(CCN4CCOCC4)C3)nc(Nc3ccc(C4CCNCC4)cc3)c12. The Morgan fingerprint density at radius 3 is 2.68 bits per heavy atom. The molecule has 2 saturated heterocycles. The van der Waals surface area contributed by atoms with Crippen molar-refractivity contribution < 1.29 is 4.74 Å². The number of anilines is 2. The molecule has 1 unspecified atom stereocenters. The highest BCUT2D eigenvalue weighted by Gasteiger charge is 2.23. The molecule has 0 amide bonds. The first-order valence-corrected chi connectivity index (χ1v) is 13.4. The second-order valence-electron chi connectivity index (χ2n) is 10.2. The summed E-state index contributed by atoms with van der Waals surface area (Å²) in [6, 6.07) is 12.6. The maximum Gasteiger partial charge on any atom is 0.259 e. The van der Waals surface area contributed by atoms with Crippen molar-refractivity contribution in [1.29, 1.82) is 0 Å². The Bertz CT molecular complexity index is 1290. The zero-order chi connectivity index (χ0) is 25.0. The van der Waals surface area contributed by atoms with Gasteiger partial charge in [0.1, 0.15) is 5.82 Å². The van der Waals surface area contributed by atoms with Crippen LogP contribution >= 0.6 is 0 Å². The lowest BCUT2D eigenvalue weighted by atomic mass is 9.90. The molecule has 0 aliphatic carbocycles. The standard InChI is InChI=1S/C28H35N7O2/c36-28-26-22(7-10-30-28)17-25(23-18-31-35(19-23)12-11-34-13-15-37-16-14-34)33-27(26)32-24-3-1-20(2-4-24)21-5-8-29-9-6-21/h1-4,7,10,17-18,21,23,29H,5-6,8-9,11-16,19H2,(H,30,36)(H,32,33). The Hall–Kier alpha value is -3.27. The van der Waals surface area contributed by atoms with Crippen LogP contribution in [-0.4, -0.2) is 85.1 Å². The molecule has 9 nitrogen and oxygen atoms in total. The molecule has 194 valence electrons.